The smallest absolute Gasteiger partial charge is 0.339 e. The van der Waals surface area contributed by atoms with Crippen LogP contribution in [-0.2, 0) is 4.74 Å². The standard InChI is InChI=1S/C14H10ClNO4/c1-20-14(19)10-3-2-8(6-12(10)15)9-4-5-16-7-11(9)13(17)18/h2-7H,1H3,(H,17,18). The van der Waals surface area contributed by atoms with Gasteiger partial charge in [-0.1, -0.05) is 17.7 Å². The maximum atomic E-state index is 11.4. The summed E-state index contributed by atoms with van der Waals surface area (Å²) in [4.78, 5) is 26.4. The summed E-state index contributed by atoms with van der Waals surface area (Å²) in [6, 6.07) is 6.21. The number of hydrogen-bond donors (Lipinski definition) is 1. The van der Waals surface area contributed by atoms with Gasteiger partial charge in [0, 0.05) is 12.4 Å². The van der Waals surface area contributed by atoms with Gasteiger partial charge in [0.25, 0.3) is 0 Å². The molecule has 0 aliphatic carbocycles. The van der Waals surface area contributed by atoms with E-state index in [0.29, 0.717) is 11.1 Å². The van der Waals surface area contributed by atoms with Gasteiger partial charge in [-0.2, -0.15) is 0 Å². The Bertz CT molecular complexity index is 685. The predicted octanol–water partition coefficient (Wildman–Crippen LogP) is 2.89. The third kappa shape index (κ3) is 2.62. The molecule has 5 nitrogen and oxygen atoms in total. The molecule has 0 radical (unpaired) electrons. The Morgan fingerprint density at radius 1 is 1.25 bits per heavy atom. The SMILES string of the molecule is COC(=O)c1ccc(-c2ccncc2C(=O)O)cc1Cl. The van der Waals surface area contributed by atoms with Gasteiger partial charge in [-0.15, -0.1) is 0 Å². The molecule has 2 aromatic rings. The quantitative estimate of drug-likeness (QED) is 0.880. The summed E-state index contributed by atoms with van der Waals surface area (Å²) in [5, 5.41) is 9.33. The molecule has 0 spiro atoms. The van der Waals surface area contributed by atoms with Crippen molar-refractivity contribution in [3.63, 3.8) is 0 Å². The summed E-state index contributed by atoms with van der Waals surface area (Å²) in [5.41, 5.74) is 1.35. The van der Waals surface area contributed by atoms with Gasteiger partial charge in [-0.05, 0) is 29.3 Å². The summed E-state index contributed by atoms with van der Waals surface area (Å²) < 4.78 is 4.60. The molecule has 1 heterocycles. The van der Waals surface area contributed by atoms with Crippen LogP contribution >= 0.6 is 11.6 Å². The number of esters is 1. The number of benzene rings is 1. The number of carbonyl (C=O) groups excluding carboxylic acids is 1. The van der Waals surface area contributed by atoms with E-state index in [4.69, 9.17) is 16.7 Å². The number of halogens is 1. The average molecular weight is 292 g/mol. The molecule has 0 saturated carbocycles. The zero-order valence-corrected chi connectivity index (χ0v) is 11.2. The lowest BCUT2D eigenvalue weighted by atomic mass is 10.0. The molecule has 0 bridgehead atoms. The lowest BCUT2D eigenvalue weighted by Crippen LogP contribution is -2.03. The number of nitrogens with zero attached hydrogens (tertiary/aromatic N) is 1. The Morgan fingerprint density at radius 3 is 2.60 bits per heavy atom. The number of aromatic nitrogens is 1. The second-order valence-corrected chi connectivity index (χ2v) is 4.32. The van der Waals surface area contributed by atoms with E-state index >= 15 is 0 Å². The number of hydrogen-bond acceptors (Lipinski definition) is 4. The van der Waals surface area contributed by atoms with Crippen LogP contribution in [0.2, 0.25) is 5.02 Å². The number of carbonyl (C=O) groups is 2. The largest absolute Gasteiger partial charge is 0.478 e. The van der Waals surface area contributed by atoms with E-state index in [0.717, 1.165) is 0 Å². The van der Waals surface area contributed by atoms with E-state index in [1.54, 1.807) is 12.1 Å². The summed E-state index contributed by atoms with van der Waals surface area (Å²) in [5.74, 6) is -1.63. The van der Waals surface area contributed by atoms with Crippen molar-refractivity contribution in [1.82, 2.24) is 4.98 Å². The van der Waals surface area contributed by atoms with Crippen molar-refractivity contribution >= 4 is 23.5 Å². The minimum Gasteiger partial charge on any atom is -0.478 e. The molecular formula is C14H10ClNO4. The normalized spacial score (nSPS) is 10.1. The molecular weight excluding hydrogens is 282 g/mol. The highest BCUT2D eigenvalue weighted by Gasteiger charge is 2.15. The second kappa shape index (κ2) is 5.71. The number of methoxy groups -OCH3 is 1. The van der Waals surface area contributed by atoms with Crippen LogP contribution in [0.4, 0.5) is 0 Å². The Labute approximate surface area is 119 Å². The Balaban J connectivity index is 2.53. The highest BCUT2D eigenvalue weighted by Crippen LogP contribution is 2.28. The van der Waals surface area contributed by atoms with Crippen molar-refractivity contribution in [2.24, 2.45) is 0 Å². The second-order valence-electron chi connectivity index (χ2n) is 3.91. The molecule has 1 aromatic heterocycles. The number of ether oxygens (including phenoxy) is 1. The molecule has 0 unspecified atom stereocenters. The fourth-order valence-corrected chi connectivity index (χ4v) is 2.03. The summed E-state index contributed by atoms with van der Waals surface area (Å²) in [6.45, 7) is 0. The van der Waals surface area contributed by atoms with Crippen molar-refractivity contribution in [1.29, 1.82) is 0 Å². The molecule has 20 heavy (non-hydrogen) atoms. The van der Waals surface area contributed by atoms with Crippen LogP contribution in [0.3, 0.4) is 0 Å². The first-order chi connectivity index (χ1) is 9.54. The Morgan fingerprint density at radius 2 is 2.00 bits per heavy atom. The molecule has 102 valence electrons. The van der Waals surface area contributed by atoms with Crippen molar-refractivity contribution < 1.29 is 19.4 Å². The van der Waals surface area contributed by atoms with E-state index in [-0.39, 0.29) is 16.1 Å². The van der Waals surface area contributed by atoms with Crippen LogP contribution in [0.1, 0.15) is 20.7 Å². The van der Waals surface area contributed by atoms with E-state index < -0.39 is 11.9 Å². The Kier molecular flexibility index (Phi) is 4.00. The number of pyridine rings is 1. The van der Waals surface area contributed by atoms with E-state index in [1.807, 2.05) is 0 Å². The fraction of sp³-hybridized carbons (Fsp3) is 0.0714. The topological polar surface area (TPSA) is 76.5 Å². The van der Waals surface area contributed by atoms with Crippen LogP contribution in [0.5, 0.6) is 0 Å². The molecule has 0 atom stereocenters. The van der Waals surface area contributed by atoms with Crippen LogP contribution in [-0.4, -0.2) is 29.1 Å². The maximum absolute atomic E-state index is 11.4. The summed E-state index contributed by atoms with van der Waals surface area (Å²) >= 11 is 6.02. The van der Waals surface area contributed by atoms with E-state index in [1.165, 1.54) is 31.6 Å². The molecule has 0 aliphatic heterocycles. The van der Waals surface area contributed by atoms with Gasteiger partial charge < -0.3 is 9.84 Å². The molecule has 1 aromatic carbocycles. The highest BCUT2D eigenvalue weighted by atomic mass is 35.5. The number of rotatable bonds is 3. The van der Waals surface area contributed by atoms with Crippen molar-refractivity contribution in [3.05, 3.63) is 52.8 Å². The first-order valence-electron chi connectivity index (χ1n) is 5.60. The predicted molar refractivity (Wildman–Crippen MR) is 73.0 cm³/mol. The van der Waals surface area contributed by atoms with Gasteiger partial charge in [-0.3, -0.25) is 4.98 Å². The van der Waals surface area contributed by atoms with E-state index in [9.17, 15) is 9.59 Å². The lowest BCUT2D eigenvalue weighted by molar-refractivity contribution is 0.0600. The first kappa shape index (κ1) is 14.0. The molecule has 0 fully saturated rings. The van der Waals surface area contributed by atoms with Crippen LogP contribution < -0.4 is 0 Å². The monoisotopic (exact) mass is 291 g/mol. The molecule has 6 heteroatoms. The Hall–Kier alpha value is -2.40. The van der Waals surface area contributed by atoms with Gasteiger partial charge in [0.2, 0.25) is 0 Å². The molecule has 2 rings (SSSR count). The van der Waals surface area contributed by atoms with Crippen LogP contribution in [0.25, 0.3) is 11.1 Å². The minimum absolute atomic E-state index is 0.0642. The van der Waals surface area contributed by atoms with E-state index in [2.05, 4.69) is 9.72 Å². The zero-order valence-electron chi connectivity index (χ0n) is 10.5. The van der Waals surface area contributed by atoms with Crippen LogP contribution in [0, 0.1) is 0 Å². The summed E-state index contributed by atoms with van der Waals surface area (Å²) in [6.07, 6.45) is 2.75. The van der Waals surface area contributed by atoms with Gasteiger partial charge >= 0.3 is 11.9 Å². The fourth-order valence-electron chi connectivity index (χ4n) is 1.77. The van der Waals surface area contributed by atoms with Crippen LogP contribution in [0.15, 0.2) is 36.7 Å². The molecule has 0 aliphatic rings. The van der Waals surface area contributed by atoms with Gasteiger partial charge in [0.05, 0.1) is 23.3 Å². The highest BCUT2D eigenvalue weighted by molar-refractivity contribution is 6.33. The molecule has 0 saturated heterocycles. The minimum atomic E-state index is -1.08. The van der Waals surface area contributed by atoms with Crippen molar-refractivity contribution in [2.45, 2.75) is 0 Å². The number of carboxylic acid groups (broad SMARTS) is 1. The first-order valence-corrected chi connectivity index (χ1v) is 5.98. The lowest BCUT2D eigenvalue weighted by Gasteiger charge is -2.08. The number of aromatic carboxylic acids is 1. The number of carboxylic acids is 1. The van der Waals surface area contributed by atoms with Crippen molar-refractivity contribution in [2.75, 3.05) is 7.11 Å². The van der Waals surface area contributed by atoms with Gasteiger partial charge in [-0.25, -0.2) is 9.59 Å². The third-order valence-electron chi connectivity index (χ3n) is 2.74. The third-order valence-corrected chi connectivity index (χ3v) is 3.05. The van der Waals surface area contributed by atoms with Crippen molar-refractivity contribution in [3.8, 4) is 11.1 Å². The average Bonchev–Trinajstić information content (AvgIpc) is 2.46. The maximum Gasteiger partial charge on any atom is 0.339 e. The van der Waals surface area contributed by atoms with Gasteiger partial charge in [0.15, 0.2) is 0 Å². The molecule has 0 amide bonds. The van der Waals surface area contributed by atoms with Gasteiger partial charge in [0.1, 0.15) is 0 Å². The zero-order chi connectivity index (χ0) is 14.7. The molecule has 1 N–H and O–H groups in total. The summed E-state index contributed by atoms with van der Waals surface area (Å²) in [7, 11) is 1.26.